The Labute approximate surface area is 126 Å². The number of rotatable bonds is 2. The molecule has 5 nitrogen and oxygen atoms in total. The van der Waals surface area contributed by atoms with Gasteiger partial charge in [-0.15, -0.1) is 0 Å². The molecule has 1 amide bonds. The van der Waals surface area contributed by atoms with Crippen molar-refractivity contribution in [1.82, 2.24) is 4.98 Å². The summed E-state index contributed by atoms with van der Waals surface area (Å²) in [6.07, 6.45) is 3.19. The molecule has 22 heavy (non-hydrogen) atoms. The van der Waals surface area contributed by atoms with Gasteiger partial charge in [-0.25, -0.2) is 4.79 Å². The van der Waals surface area contributed by atoms with Gasteiger partial charge in [0, 0.05) is 6.20 Å². The van der Waals surface area contributed by atoms with Gasteiger partial charge in [0.1, 0.15) is 0 Å². The molecule has 3 aromatic rings. The van der Waals surface area contributed by atoms with Crippen LogP contribution < -0.4 is 10.9 Å². The summed E-state index contributed by atoms with van der Waals surface area (Å²) in [5.74, 6) is -0.500. The predicted octanol–water partition coefficient (Wildman–Crippen LogP) is 3.06. The Kier molecular flexibility index (Phi) is 3.47. The molecule has 2 aromatic heterocycles. The van der Waals surface area contributed by atoms with Crippen LogP contribution in [0, 0.1) is 13.8 Å². The minimum atomic E-state index is -0.519. The van der Waals surface area contributed by atoms with Gasteiger partial charge in [0.25, 0.3) is 5.91 Å². The number of anilines is 1. The zero-order valence-corrected chi connectivity index (χ0v) is 12.2. The number of aryl methyl sites for hydroxylation is 2. The average Bonchev–Trinajstić information content (AvgIpc) is 2.50. The number of amides is 1. The fourth-order valence-electron chi connectivity index (χ4n) is 2.19. The first-order valence-corrected chi connectivity index (χ1v) is 6.81. The molecule has 0 fully saturated rings. The summed E-state index contributed by atoms with van der Waals surface area (Å²) in [5, 5.41) is 3.84. The summed E-state index contributed by atoms with van der Waals surface area (Å²) >= 11 is 0. The number of fused-ring (bicyclic) bond motifs is 1. The van der Waals surface area contributed by atoms with Gasteiger partial charge >= 0.3 is 5.63 Å². The van der Waals surface area contributed by atoms with Crippen molar-refractivity contribution in [1.29, 1.82) is 0 Å². The van der Waals surface area contributed by atoms with Crippen molar-refractivity contribution in [3.63, 3.8) is 0 Å². The van der Waals surface area contributed by atoms with Gasteiger partial charge < -0.3 is 9.73 Å². The van der Waals surface area contributed by atoms with Crippen LogP contribution in [-0.4, -0.2) is 10.9 Å². The largest absolute Gasteiger partial charge is 0.417 e. The van der Waals surface area contributed by atoms with Crippen LogP contribution in [0.15, 0.2) is 51.9 Å². The molecule has 0 radical (unpaired) electrons. The molecule has 5 heteroatoms. The molecule has 0 spiro atoms. The Morgan fingerprint density at radius 2 is 2.00 bits per heavy atom. The summed E-state index contributed by atoms with van der Waals surface area (Å²) in [6.45, 7) is 3.75. The molecule has 1 N–H and O–H groups in total. The van der Waals surface area contributed by atoms with E-state index in [1.165, 1.54) is 0 Å². The lowest BCUT2D eigenvalue weighted by Crippen LogP contribution is -2.15. The lowest BCUT2D eigenvalue weighted by Gasteiger charge is -2.07. The predicted molar refractivity (Wildman–Crippen MR) is 84.1 cm³/mol. The topological polar surface area (TPSA) is 72.2 Å². The Bertz CT molecular complexity index is 929. The Morgan fingerprint density at radius 3 is 2.77 bits per heavy atom. The maximum atomic E-state index is 12.3. The Morgan fingerprint density at radius 1 is 1.18 bits per heavy atom. The minimum absolute atomic E-state index is 0.0235. The second kappa shape index (κ2) is 5.44. The maximum Gasteiger partial charge on any atom is 0.344 e. The molecule has 0 aliphatic carbocycles. The summed E-state index contributed by atoms with van der Waals surface area (Å²) in [7, 11) is 0. The van der Waals surface area contributed by atoms with Gasteiger partial charge in [-0.05, 0) is 43.0 Å². The van der Waals surface area contributed by atoms with Crippen LogP contribution in [0.25, 0.3) is 10.8 Å². The van der Waals surface area contributed by atoms with E-state index in [1.807, 2.05) is 19.9 Å². The Hall–Kier alpha value is -2.95. The molecule has 0 bridgehead atoms. The molecule has 0 saturated carbocycles. The molecule has 0 atom stereocenters. The fraction of sp³-hybridized carbons (Fsp3) is 0.118. The second-order valence-corrected chi connectivity index (χ2v) is 5.13. The number of carbonyl (C=O) groups excluding carboxylic acids is 1. The number of hydrogen-bond donors (Lipinski definition) is 1. The number of hydrogen-bond acceptors (Lipinski definition) is 4. The third-order valence-corrected chi connectivity index (χ3v) is 3.43. The van der Waals surface area contributed by atoms with Crippen molar-refractivity contribution in [3.05, 3.63) is 70.0 Å². The summed E-state index contributed by atoms with van der Waals surface area (Å²) in [6, 6.07) is 8.78. The highest BCUT2D eigenvalue weighted by atomic mass is 16.4. The highest BCUT2D eigenvalue weighted by Gasteiger charge is 2.13. The van der Waals surface area contributed by atoms with E-state index >= 15 is 0 Å². The van der Waals surface area contributed by atoms with E-state index in [-0.39, 0.29) is 5.76 Å². The number of nitrogens with zero attached hydrogens (tertiary/aromatic N) is 1. The van der Waals surface area contributed by atoms with E-state index in [0.29, 0.717) is 16.5 Å². The quantitative estimate of drug-likeness (QED) is 0.788. The third kappa shape index (κ3) is 2.61. The van der Waals surface area contributed by atoms with E-state index in [9.17, 15) is 9.59 Å². The molecule has 1 aromatic carbocycles. The normalized spacial score (nSPS) is 10.6. The minimum Gasteiger partial charge on any atom is -0.417 e. The lowest BCUT2D eigenvalue weighted by atomic mass is 10.1. The molecular formula is C17H14N2O3. The molecular weight excluding hydrogens is 280 g/mol. The van der Waals surface area contributed by atoms with Crippen LogP contribution in [0.2, 0.25) is 0 Å². The zero-order valence-electron chi connectivity index (χ0n) is 12.2. The summed E-state index contributed by atoms with van der Waals surface area (Å²) in [4.78, 5) is 28.2. The molecule has 0 aliphatic rings. The lowest BCUT2D eigenvalue weighted by molar-refractivity contribution is 0.0993. The van der Waals surface area contributed by atoms with Crippen molar-refractivity contribution in [2.45, 2.75) is 13.8 Å². The monoisotopic (exact) mass is 294 g/mol. The smallest absolute Gasteiger partial charge is 0.344 e. The van der Waals surface area contributed by atoms with Crippen molar-refractivity contribution < 1.29 is 9.21 Å². The molecule has 110 valence electrons. The third-order valence-electron chi connectivity index (χ3n) is 3.43. The van der Waals surface area contributed by atoms with Crippen molar-refractivity contribution in [3.8, 4) is 0 Å². The highest BCUT2D eigenvalue weighted by molar-refractivity contribution is 6.04. The van der Waals surface area contributed by atoms with Gasteiger partial charge in [-0.1, -0.05) is 17.7 Å². The average molecular weight is 294 g/mol. The van der Waals surface area contributed by atoms with E-state index in [0.717, 1.165) is 11.1 Å². The van der Waals surface area contributed by atoms with Crippen molar-refractivity contribution in [2.75, 3.05) is 5.32 Å². The summed E-state index contributed by atoms with van der Waals surface area (Å²) in [5.41, 5.74) is 1.90. The number of carbonyl (C=O) groups is 1. The molecule has 0 saturated heterocycles. The maximum absolute atomic E-state index is 12.3. The SMILES string of the molecule is Cc1ccc2cc(C(=O)Nc3cnccc3C)oc(=O)c2c1. The van der Waals surface area contributed by atoms with E-state index in [1.54, 1.807) is 36.7 Å². The molecule has 2 heterocycles. The van der Waals surface area contributed by atoms with Crippen molar-refractivity contribution >= 4 is 22.4 Å². The zero-order chi connectivity index (χ0) is 15.7. The van der Waals surface area contributed by atoms with Gasteiger partial charge in [0.2, 0.25) is 0 Å². The van der Waals surface area contributed by atoms with E-state index in [2.05, 4.69) is 10.3 Å². The van der Waals surface area contributed by atoms with Crippen LogP contribution in [0.5, 0.6) is 0 Å². The number of pyridine rings is 1. The fourth-order valence-corrected chi connectivity index (χ4v) is 2.19. The van der Waals surface area contributed by atoms with Gasteiger partial charge in [0.15, 0.2) is 5.76 Å². The first kappa shape index (κ1) is 14.0. The van der Waals surface area contributed by atoms with Gasteiger partial charge in [0.05, 0.1) is 17.3 Å². The number of aromatic nitrogens is 1. The number of nitrogens with one attached hydrogen (secondary N) is 1. The molecule has 0 unspecified atom stereocenters. The number of benzene rings is 1. The van der Waals surface area contributed by atoms with E-state index < -0.39 is 11.5 Å². The van der Waals surface area contributed by atoms with Crippen LogP contribution in [-0.2, 0) is 0 Å². The summed E-state index contributed by atoms with van der Waals surface area (Å²) < 4.78 is 5.13. The van der Waals surface area contributed by atoms with Gasteiger partial charge in [-0.3, -0.25) is 9.78 Å². The van der Waals surface area contributed by atoms with Crippen LogP contribution >= 0.6 is 0 Å². The van der Waals surface area contributed by atoms with Crippen molar-refractivity contribution in [2.24, 2.45) is 0 Å². The van der Waals surface area contributed by atoms with Crippen LogP contribution in [0.1, 0.15) is 21.7 Å². The van der Waals surface area contributed by atoms with Gasteiger partial charge in [-0.2, -0.15) is 0 Å². The Balaban J connectivity index is 2.00. The highest BCUT2D eigenvalue weighted by Crippen LogP contribution is 2.16. The van der Waals surface area contributed by atoms with Crippen LogP contribution in [0.4, 0.5) is 5.69 Å². The van der Waals surface area contributed by atoms with Crippen LogP contribution in [0.3, 0.4) is 0 Å². The molecule has 0 aliphatic heterocycles. The first-order chi connectivity index (χ1) is 10.5. The standard InChI is InChI=1S/C17H14N2O3/c1-10-3-4-12-8-15(22-17(21)13(12)7-10)16(20)19-14-9-18-6-5-11(14)2/h3-9H,1-2H3,(H,19,20). The molecule has 3 rings (SSSR count). The first-order valence-electron chi connectivity index (χ1n) is 6.81. The second-order valence-electron chi connectivity index (χ2n) is 5.13. The van der Waals surface area contributed by atoms with E-state index in [4.69, 9.17) is 4.42 Å².